The third kappa shape index (κ3) is 5.74. The highest BCUT2D eigenvalue weighted by Crippen LogP contribution is 2.17. The van der Waals surface area contributed by atoms with Gasteiger partial charge in [-0.15, -0.1) is 0 Å². The van der Waals surface area contributed by atoms with Crippen LogP contribution in [0.15, 0.2) is 66.9 Å². The molecule has 0 saturated heterocycles. The number of carbonyl (C=O) groups excluding carboxylic acids is 1. The van der Waals surface area contributed by atoms with E-state index < -0.39 is 0 Å². The zero-order valence-corrected chi connectivity index (χ0v) is 18.0. The predicted octanol–water partition coefficient (Wildman–Crippen LogP) is 6.33. The Morgan fingerprint density at radius 3 is 2.62 bits per heavy atom. The van der Waals surface area contributed by atoms with Gasteiger partial charge in [-0.25, -0.2) is 0 Å². The van der Waals surface area contributed by atoms with Crippen molar-refractivity contribution in [3.8, 4) is 0 Å². The van der Waals surface area contributed by atoms with Crippen LogP contribution < -0.4 is 0 Å². The van der Waals surface area contributed by atoms with Crippen molar-refractivity contribution in [1.82, 2.24) is 9.47 Å². The molecule has 0 aliphatic rings. The van der Waals surface area contributed by atoms with E-state index >= 15 is 0 Å². The first kappa shape index (κ1) is 21.2. The van der Waals surface area contributed by atoms with Gasteiger partial charge < -0.3 is 9.47 Å². The van der Waals surface area contributed by atoms with E-state index in [1.54, 1.807) is 0 Å². The summed E-state index contributed by atoms with van der Waals surface area (Å²) in [6.07, 6.45) is 5.35. The SMILES string of the molecule is CCCCCN(Cc1cccn1Cc1cccc(Cl)c1)C(=O)c1ccccc1C. The van der Waals surface area contributed by atoms with Crippen molar-refractivity contribution in [2.24, 2.45) is 0 Å². The molecule has 0 spiro atoms. The number of amides is 1. The molecule has 1 amide bonds. The first-order valence-electron chi connectivity index (χ1n) is 10.3. The second kappa shape index (κ2) is 10.3. The van der Waals surface area contributed by atoms with Gasteiger partial charge in [0.25, 0.3) is 5.91 Å². The van der Waals surface area contributed by atoms with Gasteiger partial charge in [0, 0.05) is 35.6 Å². The maximum atomic E-state index is 13.3. The van der Waals surface area contributed by atoms with E-state index in [9.17, 15) is 4.79 Å². The summed E-state index contributed by atoms with van der Waals surface area (Å²) in [5.41, 5.74) is 4.09. The largest absolute Gasteiger partial charge is 0.345 e. The molecule has 3 nitrogen and oxygen atoms in total. The number of hydrogen-bond acceptors (Lipinski definition) is 1. The molecule has 0 aliphatic heterocycles. The van der Waals surface area contributed by atoms with Gasteiger partial charge in [-0.05, 0) is 54.8 Å². The molecule has 2 aromatic carbocycles. The van der Waals surface area contributed by atoms with Crippen LogP contribution >= 0.6 is 11.6 Å². The van der Waals surface area contributed by atoms with E-state index in [2.05, 4.69) is 29.8 Å². The summed E-state index contributed by atoms with van der Waals surface area (Å²) in [6.45, 7) is 6.29. The molecule has 1 heterocycles. The standard InChI is InChI=1S/C25H29ClN2O/c1-3-4-7-15-28(25(29)24-14-6-5-10-20(24)2)19-23-13-9-16-27(23)18-21-11-8-12-22(26)17-21/h5-6,8-14,16-17H,3-4,7,15,18-19H2,1-2H3. The number of aromatic nitrogens is 1. The van der Waals surface area contributed by atoms with Crippen molar-refractivity contribution >= 4 is 17.5 Å². The van der Waals surface area contributed by atoms with Gasteiger partial charge in [0.05, 0.1) is 6.54 Å². The van der Waals surface area contributed by atoms with Gasteiger partial charge in [0.15, 0.2) is 0 Å². The molecule has 29 heavy (non-hydrogen) atoms. The molecule has 0 atom stereocenters. The smallest absolute Gasteiger partial charge is 0.254 e. The average Bonchev–Trinajstić information content (AvgIpc) is 3.14. The molecule has 0 unspecified atom stereocenters. The third-order valence-corrected chi connectivity index (χ3v) is 5.45. The quantitative estimate of drug-likeness (QED) is 0.379. The summed E-state index contributed by atoms with van der Waals surface area (Å²) in [6, 6.07) is 19.9. The van der Waals surface area contributed by atoms with Crippen LogP contribution in [0.5, 0.6) is 0 Å². The molecule has 0 fully saturated rings. The summed E-state index contributed by atoms with van der Waals surface area (Å²) in [5.74, 6) is 0.106. The van der Waals surface area contributed by atoms with Gasteiger partial charge >= 0.3 is 0 Å². The van der Waals surface area contributed by atoms with E-state index in [1.165, 1.54) is 0 Å². The molecular formula is C25H29ClN2O. The van der Waals surface area contributed by atoms with Gasteiger partial charge in [-0.2, -0.15) is 0 Å². The number of nitrogens with zero attached hydrogens (tertiary/aromatic N) is 2. The average molecular weight is 409 g/mol. The maximum absolute atomic E-state index is 13.3. The molecular weight excluding hydrogens is 380 g/mol. The number of unbranched alkanes of at least 4 members (excludes halogenated alkanes) is 2. The van der Waals surface area contributed by atoms with Crippen LogP contribution in [0, 0.1) is 6.92 Å². The first-order chi connectivity index (χ1) is 14.1. The highest BCUT2D eigenvalue weighted by Gasteiger charge is 2.18. The van der Waals surface area contributed by atoms with Crippen LogP contribution in [-0.4, -0.2) is 21.9 Å². The monoisotopic (exact) mass is 408 g/mol. The topological polar surface area (TPSA) is 25.2 Å². The Balaban J connectivity index is 1.80. The Morgan fingerprint density at radius 1 is 1.03 bits per heavy atom. The fourth-order valence-electron chi connectivity index (χ4n) is 3.56. The second-order valence-electron chi connectivity index (χ2n) is 7.51. The first-order valence-corrected chi connectivity index (χ1v) is 10.7. The van der Waals surface area contributed by atoms with E-state index in [4.69, 9.17) is 11.6 Å². The highest BCUT2D eigenvalue weighted by atomic mass is 35.5. The third-order valence-electron chi connectivity index (χ3n) is 5.21. The van der Waals surface area contributed by atoms with Crippen LogP contribution in [0.4, 0.5) is 0 Å². The Kier molecular flexibility index (Phi) is 7.54. The number of benzene rings is 2. The minimum Gasteiger partial charge on any atom is -0.345 e. The van der Waals surface area contributed by atoms with Gasteiger partial charge in [0.2, 0.25) is 0 Å². The van der Waals surface area contributed by atoms with E-state index in [-0.39, 0.29) is 5.91 Å². The summed E-state index contributed by atoms with van der Waals surface area (Å²) in [5, 5.41) is 0.743. The van der Waals surface area contributed by atoms with Crippen LogP contribution in [0.25, 0.3) is 0 Å². The van der Waals surface area contributed by atoms with Crippen LogP contribution in [0.2, 0.25) is 5.02 Å². The normalized spacial score (nSPS) is 10.9. The number of halogens is 1. The van der Waals surface area contributed by atoms with Crippen LogP contribution in [0.1, 0.15) is 53.4 Å². The zero-order chi connectivity index (χ0) is 20.6. The summed E-state index contributed by atoms with van der Waals surface area (Å²) < 4.78 is 2.20. The van der Waals surface area contributed by atoms with Crippen molar-refractivity contribution in [2.45, 2.75) is 46.2 Å². The summed E-state index contributed by atoms with van der Waals surface area (Å²) in [7, 11) is 0. The lowest BCUT2D eigenvalue weighted by atomic mass is 10.1. The Labute approximate surface area is 178 Å². The lowest BCUT2D eigenvalue weighted by Gasteiger charge is -2.24. The number of hydrogen-bond donors (Lipinski definition) is 0. The van der Waals surface area contributed by atoms with E-state index in [0.717, 1.165) is 59.8 Å². The van der Waals surface area contributed by atoms with Crippen molar-refractivity contribution in [3.05, 3.63) is 94.3 Å². The molecule has 0 radical (unpaired) electrons. The molecule has 0 saturated carbocycles. The minimum atomic E-state index is 0.106. The number of rotatable bonds is 9. The summed E-state index contributed by atoms with van der Waals surface area (Å²) in [4.78, 5) is 15.3. The molecule has 3 aromatic rings. The maximum Gasteiger partial charge on any atom is 0.254 e. The van der Waals surface area contributed by atoms with Gasteiger partial charge in [0.1, 0.15) is 0 Å². The predicted molar refractivity (Wildman–Crippen MR) is 120 cm³/mol. The van der Waals surface area contributed by atoms with E-state index in [0.29, 0.717) is 6.54 Å². The number of carbonyl (C=O) groups is 1. The Hall–Kier alpha value is -2.52. The van der Waals surface area contributed by atoms with Crippen LogP contribution in [-0.2, 0) is 13.1 Å². The van der Waals surface area contributed by atoms with E-state index in [1.807, 2.05) is 60.4 Å². The Morgan fingerprint density at radius 2 is 1.86 bits per heavy atom. The minimum absolute atomic E-state index is 0.106. The zero-order valence-electron chi connectivity index (χ0n) is 17.3. The molecule has 3 rings (SSSR count). The molecule has 0 N–H and O–H groups in total. The number of aryl methyl sites for hydroxylation is 1. The van der Waals surface area contributed by atoms with Gasteiger partial charge in [-0.1, -0.05) is 61.7 Å². The molecule has 152 valence electrons. The fourth-order valence-corrected chi connectivity index (χ4v) is 3.78. The lowest BCUT2D eigenvalue weighted by molar-refractivity contribution is 0.0735. The van der Waals surface area contributed by atoms with Crippen molar-refractivity contribution in [3.63, 3.8) is 0 Å². The van der Waals surface area contributed by atoms with Crippen molar-refractivity contribution in [2.75, 3.05) is 6.54 Å². The fraction of sp³-hybridized carbons (Fsp3) is 0.320. The Bertz CT molecular complexity index is 947. The van der Waals surface area contributed by atoms with Crippen molar-refractivity contribution in [1.29, 1.82) is 0 Å². The molecule has 0 bridgehead atoms. The summed E-state index contributed by atoms with van der Waals surface area (Å²) >= 11 is 6.14. The highest BCUT2D eigenvalue weighted by molar-refractivity contribution is 6.30. The lowest BCUT2D eigenvalue weighted by Crippen LogP contribution is -2.33. The van der Waals surface area contributed by atoms with Crippen molar-refractivity contribution < 1.29 is 4.79 Å². The molecule has 4 heteroatoms. The van der Waals surface area contributed by atoms with Crippen LogP contribution in [0.3, 0.4) is 0 Å². The molecule has 1 aromatic heterocycles. The molecule has 0 aliphatic carbocycles. The van der Waals surface area contributed by atoms with Gasteiger partial charge in [-0.3, -0.25) is 4.79 Å². The second-order valence-corrected chi connectivity index (χ2v) is 7.94.